The Morgan fingerprint density at radius 1 is 1.21 bits per heavy atom. The molecule has 1 aliphatic heterocycles. The largest absolute Gasteiger partial charge is 0.339 e. The zero-order valence-corrected chi connectivity index (χ0v) is 14.3. The van der Waals surface area contributed by atoms with Crippen molar-refractivity contribution in [3.8, 4) is 11.3 Å². The molecule has 1 saturated heterocycles. The highest BCUT2D eigenvalue weighted by Gasteiger charge is 2.18. The van der Waals surface area contributed by atoms with E-state index in [9.17, 15) is 4.79 Å². The van der Waals surface area contributed by atoms with Crippen molar-refractivity contribution in [1.82, 2.24) is 19.5 Å². The van der Waals surface area contributed by atoms with Crippen LogP contribution in [0.1, 0.15) is 23.5 Å². The molecule has 1 fully saturated rings. The number of nitrogens with zero attached hydrogens (tertiary/aromatic N) is 4. The van der Waals surface area contributed by atoms with Gasteiger partial charge in [-0.2, -0.15) is 5.10 Å². The number of amides is 1. The summed E-state index contributed by atoms with van der Waals surface area (Å²) < 4.78 is 1.83. The summed E-state index contributed by atoms with van der Waals surface area (Å²) in [4.78, 5) is 19.8. The van der Waals surface area contributed by atoms with Gasteiger partial charge in [-0.15, -0.1) is 0 Å². The minimum atomic E-state index is 0.0633. The lowest BCUT2D eigenvalue weighted by molar-refractivity contribution is -0.124. The first-order valence-electron chi connectivity index (χ1n) is 8.11. The van der Waals surface area contributed by atoms with Crippen LogP contribution in [-0.2, 0) is 4.79 Å². The predicted octanol–water partition coefficient (Wildman–Crippen LogP) is 3.40. The van der Waals surface area contributed by atoms with Crippen LogP contribution in [0.2, 0.25) is 0 Å². The van der Waals surface area contributed by atoms with Gasteiger partial charge in [-0.25, -0.2) is 9.50 Å². The number of hydrogen-bond donors (Lipinski definition) is 0. The van der Waals surface area contributed by atoms with Crippen LogP contribution in [0.25, 0.3) is 22.3 Å². The maximum absolute atomic E-state index is 12.3. The van der Waals surface area contributed by atoms with Gasteiger partial charge in [0.2, 0.25) is 10.9 Å². The van der Waals surface area contributed by atoms with E-state index in [0.29, 0.717) is 0 Å². The first-order chi connectivity index (χ1) is 11.7. The minimum absolute atomic E-state index is 0.0633. The summed E-state index contributed by atoms with van der Waals surface area (Å²) in [6.07, 6.45) is 5.69. The van der Waals surface area contributed by atoms with Crippen LogP contribution in [0.4, 0.5) is 0 Å². The molecule has 1 aromatic carbocycles. The monoisotopic (exact) mass is 338 g/mol. The van der Waals surface area contributed by atoms with Crippen molar-refractivity contribution >= 4 is 28.3 Å². The Bertz CT molecular complexity index is 904. The third-order valence-electron chi connectivity index (χ3n) is 4.19. The Balaban J connectivity index is 1.75. The summed E-state index contributed by atoms with van der Waals surface area (Å²) in [7, 11) is 0. The number of hydrogen-bond acceptors (Lipinski definition) is 4. The summed E-state index contributed by atoms with van der Waals surface area (Å²) in [5.74, 6) is 0.0633. The average Bonchev–Trinajstić information content (AvgIpc) is 3.29. The Kier molecular flexibility index (Phi) is 3.90. The first kappa shape index (κ1) is 15.1. The Morgan fingerprint density at radius 3 is 2.71 bits per heavy atom. The molecule has 0 atom stereocenters. The van der Waals surface area contributed by atoms with E-state index in [-0.39, 0.29) is 5.91 Å². The standard InChI is InChI=1S/C18H18N4OS/c1-13-20-22-15(9-10-16(23)21-11-5-6-12-21)17(19-18(22)24-13)14-7-3-2-4-8-14/h2-4,7-10H,5-6,11-12H2,1H3. The summed E-state index contributed by atoms with van der Waals surface area (Å²) in [5, 5.41) is 5.49. The van der Waals surface area contributed by atoms with Gasteiger partial charge in [-0.05, 0) is 25.8 Å². The highest BCUT2D eigenvalue weighted by molar-refractivity contribution is 7.16. The molecule has 0 bridgehead atoms. The lowest BCUT2D eigenvalue weighted by atomic mass is 10.1. The van der Waals surface area contributed by atoms with Gasteiger partial charge in [0, 0.05) is 24.7 Å². The van der Waals surface area contributed by atoms with Crippen LogP contribution >= 0.6 is 11.3 Å². The van der Waals surface area contributed by atoms with E-state index in [1.54, 1.807) is 17.4 Å². The predicted molar refractivity (Wildman–Crippen MR) is 95.9 cm³/mol. The SMILES string of the molecule is Cc1nn2c(C=CC(=O)N3CCCC3)c(-c3ccccc3)nc2s1. The molecule has 0 radical (unpaired) electrons. The second-order valence-electron chi connectivity index (χ2n) is 5.89. The van der Waals surface area contributed by atoms with E-state index >= 15 is 0 Å². The van der Waals surface area contributed by atoms with E-state index in [2.05, 4.69) is 5.10 Å². The molecule has 0 unspecified atom stereocenters. The van der Waals surface area contributed by atoms with Gasteiger partial charge in [0.1, 0.15) is 5.01 Å². The quantitative estimate of drug-likeness (QED) is 0.688. The van der Waals surface area contributed by atoms with Crippen molar-refractivity contribution in [2.45, 2.75) is 19.8 Å². The molecule has 24 heavy (non-hydrogen) atoms. The molecule has 6 heteroatoms. The molecule has 1 amide bonds. The van der Waals surface area contributed by atoms with E-state index in [1.165, 1.54) is 0 Å². The van der Waals surface area contributed by atoms with Gasteiger partial charge < -0.3 is 4.90 Å². The van der Waals surface area contributed by atoms with Gasteiger partial charge in [-0.3, -0.25) is 4.79 Å². The molecule has 3 heterocycles. The number of carbonyl (C=O) groups is 1. The molecule has 122 valence electrons. The van der Waals surface area contributed by atoms with Crippen molar-refractivity contribution in [3.63, 3.8) is 0 Å². The molecule has 3 aromatic rings. The zero-order valence-electron chi connectivity index (χ0n) is 13.5. The summed E-state index contributed by atoms with van der Waals surface area (Å²) in [6, 6.07) is 10.0. The molecule has 5 nitrogen and oxygen atoms in total. The fraction of sp³-hybridized carbons (Fsp3) is 0.278. The van der Waals surface area contributed by atoms with Crippen molar-refractivity contribution in [3.05, 3.63) is 47.1 Å². The summed E-state index contributed by atoms with van der Waals surface area (Å²) in [5.41, 5.74) is 2.74. The maximum atomic E-state index is 12.3. The molecule has 0 aliphatic carbocycles. The zero-order chi connectivity index (χ0) is 16.5. The smallest absolute Gasteiger partial charge is 0.246 e. The van der Waals surface area contributed by atoms with E-state index in [4.69, 9.17) is 4.98 Å². The molecule has 4 rings (SSSR count). The van der Waals surface area contributed by atoms with Gasteiger partial charge in [-0.1, -0.05) is 41.7 Å². The van der Waals surface area contributed by atoms with Crippen LogP contribution in [0.3, 0.4) is 0 Å². The van der Waals surface area contributed by atoms with E-state index in [0.717, 1.165) is 52.9 Å². The second kappa shape index (κ2) is 6.20. The molecule has 0 spiro atoms. The van der Waals surface area contributed by atoms with Crippen LogP contribution in [0.5, 0.6) is 0 Å². The molecular formula is C18H18N4OS. The fourth-order valence-corrected chi connectivity index (χ4v) is 3.76. The number of benzene rings is 1. The third kappa shape index (κ3) is 2.73. The number of fused-ring (bicyclic) bond motifs is 1. The molecule has 0 N–H and O–H groups in total. The number of imidazole rings is 1. The Hall–Kier alpha value is -2.47. The Morgan fingerprint density at radius 2 is 1.96 bits per heavy atom. The fourth-order valence-electron chi connectivity index (χ4n) is 3.01. The number of aryl methyl sites for hydroxylation is 1. The average molecular weight is 338 g/mol. The molecule has 0 saturated carbocycles. The second-order valence-corrected chi connectivity index (χ2v) is 7.05. The van der Waals surface area contributed by atoms with Gasteiger partial charge >= 0.3 is 0 Å². The summed E-state index contributed by atoms with van der Waals surface area (Å²) >= 11 is 1.55. The van der Waals surface area contributed by atoms with Gasteiger partial charge in [0.15, 0.2) is 0 Å². The lowest BCUT2D eigenvalue weighted by Gasteiger charge is -2.11. The lowest BCUT2D eigenvalue weighted by Crippen LogP contribution is -2.25. The normalized spacial score (nSPS) is 15.0. The van der Waals surface area contributed by atoms with Crippen LogP contribution in [0, 0.1) is 6.92 Å². The van der Waals surface area contributed by atoms with Crippen LogP contribution < -0.4 is 0 Å². The maximum Gasteiger partial charge on any atom is 0.246 e. The molecule has 2 aromatic heterocycles. The third-order valence-corrected chi connectivity index (χ3v) is 5.01. The minimum Gasteiger partial charge on any atom is -0.339 e. The van der Waals surface area contributed by atoms with Crippen molar-refractivity contribution in [2.24, 2.45) is 0 Å². The number of carbonyl (C=O) groups excluding carboxylic acids is 1. The van der Waals surface area contributed by atoms with E-state index < -0.39 is 0 Å². The highest BCUT2D eigenvalue weighted by atomic mass is 32.1. The van der Waals surface area contributed by atoms with Crippen molar-refractivity contribution in [2.75, 3.05) is 13.1 Å². The van der Waals surface area contributed by atoms with Crippen molar-refractivity contribution in [1.29, 1.82) is 0 Å². The molecular weight excluding hydrogens is 320 g/mol. The van der Waals surface area contributed by atoms with E-state index in [1.807, 2.05) is 52.7 Å². The highest BCUT2D eigenvalue weighted by Crippen LogP contribution is 2.27. The molecule has 1 aliphatic rings. The first-order valence-corrected chi connectivity index (χ1v) is 8.92. The number of likely N-dealkylation sites (tertiary alicyclic amines) is 1. The van der Waals surface area contributed by atoms with Crippen LogP contribution in [-0.4, -0.2) is 38.5 Å². The topological polar surface area (TPSA) is 50.5 Å². The van der Waals surface area contributed by atoms with Gasteiger partial charge in [0.25, 0.3) is 0 Å². The summed E-state index contributed by atoms with van der Waals surface area (Å²) in [6.45, 7) is 3.67. The number of rotatable bonds is 3. The van der Waals surface area contributed by atoms with Crippen LogP contribution in [0.15, 0.2) is 36.4 Å². The Labute approximate surface area is 144 Å². The van der Waals surface area contributed by atoms with Crippen molar-refractivity contribution < 1.29 is 4.79 Å². The number of aromatic nitrogens is 3. The van der Waals surface area contributed by atoms with Gasteiger partial charge in [0.05, 0.1) is 11.4 Å².